The minimum absolute atomic E-state index is 0.0895. The van der Waals surface area contributed by atoms with Gasteiger partial charge in [0.05, 0.1) is 0 Å². The van der Waals surface area contributed by atoms with Gasteiger partial charge in [-0.1, -0.05) is 0 Å². The molecule has 3 rings (SSSR count). The van der Waals surface area contributed by atoms with Crippen LogP contribution in [0.1, 0.15) is 31.2 Å². The summed E-state index contributed by atoms with van der Waals surface area (Å²) in [7, 11) is 0. The van der Waals surface area contributed by atoms with E-state index in [9.17, 15) is 9.18 Å². The molecule has 1 aromatic rings. The second-order valence-corrected chi connectivity index (χ2v) is 6.61. The molecule has 4 nitrogen and oxygen atoms in total. The summed E-state index contributed by atoms with van der Waals surface area (Å²) < 4.78 is 18.6. The van der Waals surface area contributed by atoms with Crippen LogP contribution in [0.2, 0.25) is 0 Å². The highest BCUT2D eigenvalue weighted by atomic mass is 19.1. The van der Waals surface area contributed by atoms with Crippen LogP contribution in [0.4, 0.5) is 10.1 Å². The fraction of sp³-hybridized carbons (Fsp3) is 0.611. The molecular formula is C18H25FN2O2. The number of nitrogens with one attached hydrogen (secondary N) is 1. The Morgan fingerprint density at radius 2 is 2.09 bits per heavy atom. The average molecular weight is 320 g/mol. The zero-order valence-corrected chi connectivity index (χ0v) is 13.7. The molecule has 1 atom stereocenters. The van der Waals surface area contributed by atoms with Crippen LogP contribution in [0.3, 0.4) is 0 Å². The molecule has 0 radical (unpaired) electrons. The summed E-state index contributed by atoms with van der Waals surface area (Å²) in [5.74, 6) is 0.0512. The molecule has 2 aliphatic rings. The summed E-state index contributed by atoms with van der Waals surface area (Å²) in [6, 6.07) is 5.09. The molecular weight excluding hydrogens is 295 g/mol. The summed E-state index contributed by atoms with van der Waals surface area (Å²) in [6.07, 6.45) is 3.68. The topological polar surface area (TPSA) is 41.6 Å². The van der Waals surface area contributed by atoms with E-state index in [1.54, 1.807) is 6.07 Å². The predicted molar refractivity (Wildman–Crippen MR) is 88.1 cm³/mol. The molecule has 0 saturated carbocycles. The van der Waals surface area contributed by atoms with Crippen molar-refractivity contribution in [1.82, 2.24) is 5.32 Å². The molecule has 1 N–H and O–H groups in total. The molecule has 1 amide bonds. The predicted octanol–water partition coefficient (Wildman–Crippen LogP) is 2.65. The maximum atomic E-state index is 13.3. The van der Waals surface area contributed by atoms with Gasteiger partial charge < -0.3 is 15.0 Å². The van der Waals surface area contributed by atoms with Gasteiger partial charge in [0.15, 0.2) is 0 Å². The molecule has 0 spiro atoms. The molecule has 2 aliphatic heterocycles. The SMILES string of the molecule is Cc1cc(F)ccc1N1CCCC(NC(=O)C2CCOCC2)C1. The number of carbonyl (C=O) groups is 1. The molecule has 5 heteroatoms. The van der Waals surface area contributed by atoms with Gasteiger partial charge in [0.1, 0.15) is 5.82 Å². The van der Waals surface area contributed by atoms with E-state index < -0.39 is 0 Å². The van der Waals surface area contributed by atoms with E-state index in [1.165, 1.54) is 6.07 Å². The Morgan fingerprint density at radius 3 is 2.83 bits per heavy atom. The van der Waals surface area contributed by atoms with Crippen molar-refractivity contribution in [3.63, 3.8) is 0 Å². The number of ether oxygens (including phenoxy) is 1. The monoisotopic (exact) mass is 320 g/mol. The standard InChI is InChI=1S/C18H25FN2O2/c1-13-11-15(19)4-5-17(13)21-8-2-3-16(12-21)20-18(22)14-6-9-23-10-7-14/h4-5,11,14,16H,2-3,6-10,12H2,1H3,(H,20,22). The van der Waals surface area contributed by atoms with Crippen LogP contribution in [0.25, 0.3) is 0 Å². The summed E-state index contributed by atoms with van der Waals surface area (Å²) in [4.78, 5) is 14.6. The smallest absolute Gasteiger partial charge is 0.223 e. The molecule has 23 heavy (non-hydrogen) atoms. The normalized spacial score (nSPS) is 22.9. The Kier molecular flexibility index (Phi) is 5.16. The van der Waals surface area contributed by atoms with Crippen molar-refractivity contribution in [1.29, 1.82) is 0 Å². The Hall–Kier alpha value is -1.62. The van der Waals surface area contributed by atoms with Gasteiger partial charge in [0, 0.05) is 44.0 Å². The van der Waals surface area contributed by atoms with Gasteiger partial charge in [0.2, 0.25) is 5.91 Å². The number of piperidine rings is 1. The zero-order chi connectivity index (χ0) is 16.2. The van der Waals surface area contributed by atoms with Gasteiger partial charge in [0.25, 0.3) is 0 Å². The first-order chi connectivity index (χ1) is 11.1. The minimum atomic E-state index is -0.201. The molecule has 2 fully saturated rings. The fourth-order valence-corrected chi connectivity index (χ4v) is 3.57. The number of carbonyl (C=O) groups excluding carboxylic acids is 1. The van der Waals surface area contributed by atoms with Crippen molar-refractivity contribution >= 4 is 11.6 Å². The van der Waals surface area contributed by atoms with Gasteiger partial charge in [-0.3, -0.25) is 4.79 Å². The lowest BCUT2D eigenvalue weighted by Gasteiger charge is -2.36. The van der Waals surface area contributed by atoms with E-state index >= 15 is 0 Å². The number of anilines is 1. The largest absolute Gasteiger partial charge is 0.381 e. The van der Waals surface area contributed by atoms with Crippen molar-refractivity contribution in [2.24, 2.45) is 5.92 Å². The highest BCUT2D eigenvalue weighted by Crippen LogP contribution is 2.25. The van der Waals surface area contributed by atoms with Crippen molar-refractivity contribution in [3.05, 3.63) is 29.6 Å². The van der Waals surface area contributed by atoms with E-state index in [-0.39, 0.29) is 23.7 Å². The number of nitrogens with zero attached hydrogens (tertiary/aromatic N) is 1. The van der Waals surface area contributed by atoms with Gasteiger partial charge >= 0.3 is 0 Å². The third-order valence-electron chi connectivity index (χ3n) is 4.86. The van der Waals surface area contributed by atoms with Crippen LogP contribution in [-0.4, -0.2) is 38.3 Å². The third-order valence-corrected chi connectivity index (χ3v) is 4.86. The lowest BCUT2D eigenvalue weighted by Crippen LogP contribution is -2.50. The van der Waals surface area contributed by atoms with Crippen LogP contribution in [0.15, 0.2) is 18.2 Å². The van der Waals surface area contributed by atoms with Crippen LogP contribution >= 0.6 is 0 Å². The molecule has 1 unspecified atom stereocenters. The van der Waals surface area contributed by atoms with E-state index in [0.29, 0.717) is 13.2 Å². The first-order valence-electron chi connectivity index (χ1n) is 8.52. The van der Waals surface area contributed by atoms with Gasteiger partial charge in [-0.25, -0.2) is 4.39 Å². The van der Waals surface area contributed by atoms with Crippen LogP contribution in [-0.2, 0) is 9.53 Å². The highest BCUT2D eigenvalue weighted by Gasteiger charge is 2.27. The van der Waals surface area contributed by atoms with E-state index in [0.717, 1.165) is 50.0 Å². The first-order valence-corrected chi connectivity index (χ1v) is 8.52. The van der Waals surface area contributed by atoms with E-state index in [1.807, 2.05) is 13.0 Å². The van der Waals surface area contributed by atoms with Crippen molar-refractivity contribution < 1.29 is 13.9 Å². The maximum absolute atomic E-state index is 13.3. The zero-order valence-electron chi connectivity index (χ0n) is 13.7. The number of amides is 1. The Morgan fingerprint density at radius 1 is 1.30 bits per heavy atom. The summed E-state index contributed by atoms with van der Waals surface area (Å²) in [5.41, 5.74) is 2.01. The molecule has 0 aromatic heterocycles. The second-order valence-electron chi connectivity index (χ2n) is 6.61. The molecule has 126 valence electrons. The average Bonchev–Trinajstić information content (AvgIpc) is 2.56. The van der Waals surface area contributed by atoms with Crippen LogP contribution in [0.5, 0.6) is 0 Å². The first kappa shape index (κ1) is 16.2. The summed E-state index contributed by atoms with van der Waals surface area (Å²) >= 11 is 0. The number of halogens is 1. The van der Waals surface area contributed by atoms with Gasteiger partial charge in [-0.15, -0.1) is 0 Å². The van der Waals surface area contributed by atoms with Crippen LogP contribution < -0.4 is 10.2 Å². The number of hydrogen-bond acceptors (Lipinski definition) is 3. The van der Waals surface area contributed by atoms with Crippen LogP contribution in [0, 0.1) is 18.7 Å². The van der Waals surface area contributed by atoms with Crippen molar-refractivity contribution in [3.8, 4) is 0 Å². The summed E-state index contributed by atoms with van der Waals surface area (Å²) in [5, 5.41) is 3.21. The molecule has 2 heterocycles. The molecule has 0 aliphatic carbocycles. The van der Waals surface area contributed by atoms with E-state index in [4.69, 9.17) is 4.74 Å². The van der Waals surface area contributed by atoms with E-state index in [2.05, 4.69) is 10.2 Å². The number of hydrogen-bond donors (Lipinski definition) is 1. The Labute approximate surface area is 137 Å². The maximum Gasteiger partial charge on any atom is 0.223 e. The lowest BCUT2D eigenvalue weighted by molar-refractivity contribution is -0.128. The minimum Gasteiger partial charge on any atom is -0.381 e. The lowest BCUT2D eigenvalue weighted by atomic mass is 9.97. The number of aryl methyl sites for hydroxylation is 1. The van der Waals surface area contributed by atoms with Crippen molar-refractivity contribution in [2.45, 2.75) is 38.6 Å². The van der Waals surface area contributed by atoms with Gasteiger partial charge in [-0.05, 0) is 56.4 Å². The highest BCUT2D eigenvalue weighted by molar-refractivity contribution is 5.79. The third kappa shape index (κ3) is 4.02. The number of rotatable bonds is 3. The number of benzene rings is 1. The fourth-order valence-electron chi connectivity index (χ4n) is 3.57. The molecule has 2 saturated heterocycles. The summed E-state index contributed by atoms with van der Waals surface area (Å²) in [6.45, 7) is 5.05. The molecule has 0 bridgehead atoms. The van der Waals surface area contributed by atoms with Gasteiger partial charge in [-0.2, -0.15) is 0 Å². The Bertz CT molecular complexity index is 558. The Balaban J connectivity index is 1.60. The second kappa shape index (κ2) is 7.30. The van der Waals surface area contributed by atoms with Crippen molar-refractivity contribution in [2.75, 3.05) is 31.2 Å². The quantitative estimate of drug-likeness (QED) is 0.931. The molecule has 1 aromatic carbocycles.